The minimum atomic E-state index is -6.65. The summed E-state index contributed by atoms with van der Waals surface area (Å²) in [5.74, 6) is -4.04. The second-order valence-corrected chi connectivity index (χ2v) is 29.4. The Kier molecular flexibility index (Phi) is 19.6. The first-order valence-electron chi connectivity index (χ1n) is 28.2. The van der Waals surface area contributed by atoms with Crippen molar-refractivity contribution in [3.63, 3.8) is 0 Å². The highest BCUT2D eigenvalue weighted by atomic mass is 31.3. The van der Waals surface area contributed by atoms with Gasteiger partial charge in [-0.2, -0.15) is 19.5 Å². The Morgan fingerprint density at radius 3 is 1.62 bits per heavy atom. The number of nitrogens with zero attached hydrogens (tertiary/aromatic N) is 13. The van der Waals surface area contributed by atoms with Crippen molar-refractivity contribution >= 4 is 107 Å². The van der Waals surface area contributed by atoms with Crippen LogP contribution in [0, 0.1) is 0 Å². The van der Waals surface area contributed by atoms with Crippen LogP contribution in [0.3, 0.4) is 0 Å². The van der Waals surface area contributed by atoms with Crippen molar-refractivity contribution in [2.75, 3.05) is 63.6 Å². The molecule has 100 heavy (non-hydrogen) atoms. The minimum absolute atomic E-state index is 0.0474. The predicted molar refractivity (Wildman–Crippen MR) is 316 cm³/mol. The van der Waals surface area contributed by atoms with Crippen LogP contribution in [0.4, 0.5) is 23.7 Å². The van der Waals surface area contributed by atoms with Crippen molar-refractivity contribution in [2.45, 2.75) is 97.8 Å². The van der Waals surface area contributed by atoms with Gasteiger partial charge in [0.2, 0.25) is 36.2 Å². The zero-order valence-corrected chi connectivity index (χ0v) is 55.1. The molecule has 546 valence electrons. The quantitative estimate of drug-likeness (QED) is 0.0177. The Morgan fingerprint density at radius 2 is 1.04 bits per heavy atom. The molecule has 0 aliphatic carbocycles. The van der Waals surface area contributed by atoms with Gasteiger partial charge in [0.15, 0.2) is 58.6 Å². The number of hydrogen-bond donors (Lipinski definition) is 16. The van der Waals surface area contributed by atoms with Crippen LogP contribution >= 0.6 is 39.1 Å². The summed E-state index contributed by atoms with van der Waals surface area (Å²) in [6, 6.07) is 0. The van der Waals surface area contributed by atoms with E-state index in [1.165, 1.54) is 17.9 Å². The number of phosphoric ester groups is 4. The maximum atomic E-state index is 14.3. The van der Waals surface area contributed by atoms with E-state index in [1.54, 1.807) is 0 Å². The number of rotatable bonds is 26. The lowest BCUT2D eigenvalue weighted by atomic mass is 10.1. The summed E-state index contributed by atoms with van der Waals surface area (Å²) < 4.78 is 147. The number of methoxy groups -OCH3 is 2. The molecule has 0 radical (unpaired) electrons. The third kappa shape index (κ3) is 14.1. The fraction of sp³-hybridized carbons (Fsp3) is 0.535. The van der Waals surface area contributed by atoms with E-state index in [0.29, 0.717) is 0 Å². The molecule has 8 aromatic rings. The van der Waals surface area contributed by atoms with E-state index in [4.69, 9.17) is 78.5 Å². The highest BCUT2D eigenvalue weighted by Crippen LogP contribution is 2.66. The molecule has 12 heterocycles. The van der Waals surface area contributed by atoms with Crippen LogP contribution in [0.25, 0.3) is 44.7 Å². The van der Waals surface area contributed by atoms with Crippen LogP contribution in [-0.2, 0) is 94.1 Å². The smallest absolute Gasteiger partial charge is 0.478 e. The Balaban J connectivity index is 0.747. The number of aromatic amines is 3. The molecule has 57 heteroatoms. The third-order valence-electron chi connectivity index (χ3n) is 15.7. The molecule has 0 aromatic carbocycles. The van der Waals surface area contributed by atoms with Gasteiger partial charge in [-0.05, 0) is 0 Å². The van der Waals surface area contributed by atoms with Gasteiger partial charge in [0, 0.05) is 14.2 Å². The lowest BCUT2D eigenvalue weighted by Crippen LogP contribution is -2.48. The summed E-state index contributed by atoms with van der Waals surface area (Å²) in [7, 11) is -27.2. The molecular formula is C43H57N20O32P5. The molecule has 21 atom stereocenters. The highest BCUT2D eigenvalue weighted by Gasteiger charge is 2.60. The average Bonchev–Trinajstić information content (AvgIpc) is 1.60. The maximum Gasteiger partial charge on any atom is 0.478 e. The first-order valence-corrected chi connectivity index (χ1v) is 35.6. The largest absolute Gasteiger partial charge is 0.756 e. The molecule has 20 N–H and O–H groups in total. The van der Waals surface area contributed by atoms with Crippen LogP contribution in [0.5, 0.6) is 0 Å². The molecule has 21 unspecified atom stereocenters. The van der Waals surface area contributed by atoms with Gasteiger partial charge in [-0.3, -0.25) is 79.5 Å². The van der Waals surface area contributed by atoms with E-state index in [1.807, 2.05) is 0 Å². The fourth-order valence-electron chi connectivity index (χ4n) is 11.2. The van der Waals surface area contributed by atoms with Crippen molar-refractivity contribution in [1.82, 2.24) is 73.1 Å². The van der Waals surface area contributed by atoms with Gasteiger partial charge in [0.1, 0.15) is 79.5 Å². The van der Waals surface area contributed by atoms with Gasteiger partial charge >= 0.3 is 36.9 Å². The number of nitrogens with one attached hydrogen (secondary N) is 3. The van der Waals surface area contributed by atoms with E-state index in [9.17, 15) is 87.2 Å². The first kappa shape index (κ1) is 72.8. The van der Waals surface area contributed by atoms with Gasteiger partial charge < -0.3 is 96.6 Å². The molecule has 0 spiro atoms. The van der Waals surface area contributed by atoms with Crippen molar-refractivity contribution in [3.8, 4) is 0 Å². The summed E-state index contributed by atoms with van der Waals surface area (Å²) in [6.45, 7) is -5.30. The molecule has 4 aliphatic rings. The van der Waals surface area contributed by atoms with E-state index in [-0.39, 0.29) is 62.4 Å². The number of aliphatic hydroxyl groups is 5. The summed E-state index contributed by atoms with van der Waals surface area (Å²) in [6.07, 6.45) is -23.6. The van der Waals surface area contributed by atoms with Crippen molar-refractivity contribution in [1.29, 1.82) is 0 Å². The van der Waals surface area contributed by atoms with Gasteiger partial charge in [-0.1, -0.05) is 0 Å². The van der Waals surface area contributed by atoms with Crippen molar-refractivity contribution in [2.24, 2.45) is 7.05 Å². The second-order valence-electron chi connectivity index (χ2n) is 22.0. The zero-order valence-electron chi connectivity index (χ0n) is 50.6. The van der Waals surface area contributed by atoms with Gasteiger partial charge in [-0.15, -0.1) is 0 Å². The number of hydrogen-bond acceptors (Lipinski definition) is 40. The Bertz CT molecular complexity index is 4900. The van der Waals surface area contributed by atoms with Gasteiger partial charge in [0.25, 0.3) is 30.1 Å². The number of nitrogen functional groups attached to an aromatic ring is 4. The number of aromatic nitrogens is 16. The molecule has 12 rings (SSSR count). The van der Waals surface area contributed by atoms with Gasteiger partial charge in [0.05, 0.1) is 45.9 Å². The SMILES string of the molecule is COC1C(OP(=O)(O)OCC2OC(n3cnc4c(=O)[nH]c(N)nc43)C(O)C2OP(=O)(O)OCC2OC(n3cnc4c(=O)[nH]c(N)nc43)C(O)C2O)C(COP(=O)(O)OP(=O)([O-])OP(=O)(O)OCC2(OC)OC(n3c[n+](C)c4c(=O)[nH]c(N)nc43)C(O)C2O)OC1n1cnc2c(N)ncnc21. The fourth-order valence-corrected chi connectivity index (χ4v) is 16.6. The molecule has 0 amide bonds. The zero-order chi connectivity index (χ0) is 72.2. The highest BCUT2D eigenvalue weighted by molar-refractivity contribution is 7.66. The first-order chi connectivity index (χ1) is 46.9. The number of anilines is 4. The van der Waals surface area contributed by atoms with Crippen molar-refractivity contribution in [3.05, 3.63) is 62.7 Å². The number of H-pyrrole nitrogens is 3. The lowest BCUT2D eigenvalue weighted by molar-refractivity contribution is -0.646. The molecule has 52 nitrogen and oxygen atoms in total. The van der Waals surface area contributed by atoms with E-state index < -0.39 is 186 Å². The number of aryl methyl sites for hydroxylation is 1. The monoisotopic (exact) mass is 1520 g/mol. The van der Waals surface area contributed by atoms with Crippen LogP contribution < -0.4 is 49.1 Å². The molecule has 4 aliphatic heterocycles. The minimum Gasteiger partial charge on any atom is -0.756 e. The molecular weight excluding hydrogens is 1460 g/mol. The summed E-state index contributed by atoms with van der Waals surface area (Å²) >= 11 is 0. The average molecular weight is 1520 g/mol. The van der Waals surface area contributed by atoms with Crippen LogP contribution in [0.2, 0.25) is 0 Å². The topological polar surface area (TPSA) is 749 Å². The number of fused-ring (bicyclic) bond motifs is 4. The van der Waals surface area contributed by atoms with Crippen LogP contribution in [-0.4, -0.2) is 232 Å². The van der Waals surface area contributed by atoms with Crippen LogP contribution in [0.1, 0.15) is 24.9 Å². The summed E-state index contributed by atoms with van der Waals surface area (Å²) in [5.41, 5.74) is 19.1. The Morgan fingerprint density at radius 1 is 0.560 bits per heavy atom. The Hall–Kier alpha value is -7.01. The Labute approximate surface area is 551 Å². The number of aliphatic hydroxyl groups excluding tert-OH is 5. The molecule has 4 saturated heterocycles. The standard InChI is InChI=1S/C43H57N20O32P5/c1-59-12-63(32-19(59)35(71)58-42(47)55-32)38-23(67)27(68)43(83-3,91-38)7-87-99(78,79)95-100(80,81)94-98(76,77)86-6-15-25(26(82-2)39(90-15)60-9-50-16-28(44)48-8-49-29(16)60)93-97(74,75)85-5-14-24(22(66)37(89-14)62-11-52-18-31(62)54-41(46)57-34(18)70)92-96(72,73)84-4-13-20(64)21(65)36(88-13)61-10-51-17-30(61)53-40(45)56-33(17)69/h8-15,20-27,36-39,64-68H,4-7H2,1-3H3,(H15-,44,45,46,47,48,49,53,54,55,56,57,58,69,70,71,72,73,74,75,76,77,78,79,80,81). The molecule has 8 aromatic heterocycles. The van der Waals surface area contributed by atoms with Crippen LogP contribution in [0.15, 0.2) is 46.0 Å². The summed E-state index contributed by atoms with van der Waals surface area (Å²) in [5, 5.41) is 56.0. The molecule has 0 bridgehead atoms. The second kappa shape index (κ2) is 27.0. The van der Waals surface area contributed by atoms with Crippen molar-refractivity contribution < 1.29 is 142 Å². The molecule has 4 fully saturated rings. The summed E-state index contributed by atoms with van der Waals surface area (Å²) in [4.78, 5) is 134. The maximum absolute atomic E-state index is 14.3. The number of phosphoric acid groups is 5. The predicted octanol–water partition coefficient (Wildman–Crippen LogP) is -6.89. The van der Waals surface area contributed by atoms with E-state index in [0.717, 1.165) is 57.8 Å². The third-order valence-corrected chi connectivity index (χ3v) is 21.8. The molecule has 0 saturated carbocycles. The van der Waals surface area contributed by atoms with E-state index >= 15 is 0 Å². The number of nitrogens with two attached hydrogens (primary N) is 4. The number of ether oxygens (including phenoxy) is 6. The normalized spacial score (nSPS) is 31.1. The van der Waals surface area contributed by atoms with Gasteiger partial charge in [-0.25, -0.2) is 56.4 Å². The lowest BCUT2D eigenvalue weighted by Gasteiger charge is -2.31. The van der Waals surface area contributed by atoms with E-state index in [2.05, 4.69) is 63.4 Å². The number of imidazole rings is 4.